The molecule has 0 bridgehead atoms. The largest absolute Gasteiger partial charge is 0.450 e. The fraction of sp³-hybridized carbons (Fsp3) is 0.743. The molecule has 3 unspecified atom stereocenters. The van der Waals surface area contributed by atoms with Gasteiger partial charge < -0.3 is 49.6 Å². The third-order valence-electron chi connectivity index (χ3n) is 10.4. The Bertz CT molecular complexity index is 1340. The Morgan fingerprint density at radius 2 is 1.86 bits per heavy atom. The lowest BCUT2D eigenvalue weighted by Gasteiger charge is -2.47. The van der Waals surface area contributed by atoms with Crippen molar-refractivity contribution in [3.8, 4) is 0 Å². The van der Waals surface area contributed by atoms with E-state index in [0.29, 0.717) is 43.3 Å². The molecule has 0 aromatic heterocycles. The molecule has 3 fully saturated rings. The molecule has 12 atom stereocenters. The molecule has 15 heteroatoms. The van der Waals surface area contributed by atoms with E-state index in [1.165, 1.54) is 13.2 Å². The van der Waals surface area contributed by atoms with Gasteiger partial charge in [0.2, 0.25) is 5.12 Å². The molecule has 3 heterocycles. The Hall–Kier alpha value is -2.53. The standard InChI is InChI=1S/C35H55FN4O9S/c1-10-26-35(6)28(39-32(43)49-35)21(4)37-17-19(2)16-34(5,45-9)29(20(3)30(42)50-33(44)47-26)48-31-27(41)25(40(7)8)15-22(46-31)18-38-24-14-12-11-13-23(24)36/h11-14,19-22,25-29,31,37-38,41H,10,15-18H2,1-9H3,(H,39,43)/t19-,20-,21-,22?,25?,26-,27?,28-,29-,31+,34-,35-/m1/s1. The number of likely N-dealkylation sites (N-methyl/N-ethyl adjacent to an activating group) is 1. The molecule has 0 radical (unpaired) electrons. The van der Waals surface area contributed by atoms with E-state index in [0.717, 1.165) is 0 Å². The zero-order valence-corrected chi connectivity index (χ0v) is 31.4. The Kier molecular flexibility index (Phi) is 13.6. The van der Waals surface area contributed by atoms with E-state index in [1.807, 2.05) is 46.7 Å². The first-order valence-electron chi connectivity index (χ1n) is 17.4. The van der Waals surface area contributed by atoms with E-state index in [4.69, 9.17) is 23.7 Å². The second kappa shape index (κ2) is 16.9. The molecule has 4 rings (SSSR count). The normalized spacial score (nSPS) is 39.1. The molecule has 1 amide bonds. The van der Waals surface area contributed by atoms with Gasteiger partial charge in [0, 0.05) is 37.5 Å². The first kappa shape index (κ1) is 40.2. The summed E-state index contributed by atoms with van der Waals surface area (Å²) in [5, 5.41) is 19.7. The van der Waals surface area contributed by atoms with Gasteiger partial charge in [0.1, 0.15) is 18.0 Å². The number of halogens is 1. The molecule has 13 nitrogen and oxygen atoms in total. The fourth-order valence-corrected chi connectivity index (χ4v) is 8.16. The zero-order chi connectivity index (χ0) is 37.0. The maximum absolute atomic E-state index is 14.4. The van der Waals surface area contributed by atoms with Gasteiger partial charge in [-0.15, -0.1) is 0 Å². The highest BCUT2D eigenvalue weighted by Crippen LogP contribution is 2.38. The lowest BCUT2D eigenvalue weighted by Crippen LogP contribution is -2.60. The van der Waals surface area contributed by atoms with Crippen LogP contribution in [0.2, 0.25) is 0 Å². The van der Waals surface area contributed by atoms with E-state index in [2.05, 4.69) is 16.0 Å². The molecule has 282 valence electrons. The van der Waals surface area contributed by atoms with Crippen LogP contribution in [0, 0.1) is 17.7 Å². The van der Waals surface area contributed by atoms with Crippen molar-refractivity contribution in [3.63, 3.8) is 0 Å². The number of para-hydroxylation sites is 1. The Morgan fingerprint density at radius 1 is 1.16 bits per heavy atom. The molecular weight excluding hydrogens is 671 g/mol. The summed E-state index contributed by atoms with van der Waals surface area (Å²) in [6.07, 6.45) is -4.00. The first-order valence-corrected chi connectivity index (χ1v) is 18.2. The van der Waals surface area contributed by atoms with Crippen LogP contribution in [-0.2, 0) is 28.5 Å². The van der Waals surface area contributed by atoms with Crippen molar-refractivity contribution in [2.45, 2.75) is 121 Å². The number of carbonyl (C=O) groups is 3. The summed E-state index contributed by atoms with van der Waals surface area (Å²) in [4.78, 5) is 41.5. The minimum atomic E-state index is -1.19. The number of rotatable bonds is 8. The smallest absolute Gasteiger partial charge is 0.408 e. The molecular formula is C35H55FN4O9S. The fourth-order valence-electron chi connectivity index (χ4n) is 7.52. The highest BCUT2D eigenvalue weighted by Gasteiger charge is 2.55. The number of nitrogens with zero attached hydrogens (tertiary/aromatic N) is 1. The summed E-state index contributed by atoms with van der Waals surface area (Å²) in [5.41, 5.74) is -1.95. The number of aliphatic hydroxyl groups excluding tert-OH is 1. The number of cyclic esters (lactones) is 1. The van der Waals surface area contributed by atoms with E-state index in [1.54, 1.807) is 32.0 Å². The van der Waals surface area contributed by atoms with E-state index < -0.39 is 76.2 Å². The number of alkyl carbamates (subject to hydrolysis) is 1. The van der Waals surface area contributed by atoms with Crippen molar-refractivity contribution in [1.82, 2.24) is 15.5 Å². The van der Waals surface area contributed by atoms with Gasteiger partial charge in [-0.3, -0.25) is 4.79 Å². The molecule has 0 spiro atoms. The summed E-state index contributed by atoms with van der Waals surface area (Å²) in [5.74, 6) is -1.35. The van der Waals surface area contributed by atoms with Gasteiger partial charge in [0.05, 0.1) is 35.5 Å². The predicted molar refractivity (Wildman–Crippen MR) is 187 cm³/mol. The molecule has 0 aliphatic carbocycles. The lowest BCUT2D eigenvalue weighted by molar-refractivity contribution is -0.295. The molecule has 3 aliphatic rings. The zero-order valence-electron chi connectivity index (χ0n) is 30.6. The number of hydrogen-bond acceptors (Lipinski definition) is 13. The lowest BCUT2D eigenvalue weighted by atomic mass is 9.82. The number of hydrogen-bond donors (Lipinski definition) is 4. The van der Waals surface area contributed by atoms with Crippen LogP contribution in [0.5, 0.6) is 0 Å². The summed E-state index contributed by atoms with van der Waals surface area (Å²) in [7, 11) is 5.23. The van der Waals surface area contributed by atoms with Crippen LogP contribution in [0.15, 0.2) is 24.3 Å². The molecule has 3 aliphatic heterocycles. The van der Waals surface area contributed by atoms with Gasteiger partial charge in [-0.2, -0.15) is 0 Å². The van der Waals surface area contributed by atoms with Crippen LogP contribution in [0.4, 0.5) is 19.7 Å². The van der Waals surface area contributed by atoms with Gasteiger partial charge >= 0.3 is 11.4 Å². The number of nitrogens with one attached hydrogen (secondary N) is 3. The van der Waals surface area contributed by atoms with Crippen molar-refractivity contribution in [2.75, 3.05) is 39.6 Å². The highest BCUT2D eigenvalue weighted by molar-refractivity contribution is 8.25. The average Bonchev–Trinajstić information content (AvgIpc) is 3.38. The van der Waals surface area contributed by atoms with Gasteiger partial charge in [-0.1, -0.05) is 32.9 Å². The minimum Gasteiger partial charge on any atom is -0.450 e. The monoisotopic (exact) mass is 726 g/mol. The quantitative estimate of drug-likeness (QED) is 0.284. The average molecular weight is 727 g/mol. The maximum atomic E-state index is 14.4. The number of ether oxygens (including phenoxy) is 5. The Balaban J connectivity index is 1.64. The molecule has 1 aromatic carbocycles. The first-order chi connectivity index (χ1) is 23.5. The van der Waals surface area contributed by atoms with Crippen molar-refractivity contribution < 1.29 is 47.6 Å². The number of methoxy groups -OCH3 is 1. The number of fused-ring (bicyclic) bond motifs is 1. The van der Waals surface area contributed by atoms with E-state index in [-0.39, 0.29) is 24.5 Å². The summed E-state index contributed by atoms with van der Waals surface area (Å²) >= 11 is 0.415. The van der Waals surface area contributed by atoms with Gasteiger partial charge in [-0.25, -0.2) is 14.0 Å². The Labute approximate surface area is 299 Å². The molecule has 1 aromatic rings. The Morgan fingerprint density at radius 3 is 2.50 bits per heavy atom. The summed E-state index contributed by atoms with van der Waals surface area (Å²) in [6.45, 7) is 11.8. The third-order valence-corrected chi connectivity index (χ3v) is 11.3. The summed E-state index contributed by atoms with van der Waals surface area (Å²) in [6, 6.07) is 5.17. The number of anilines is 1. The number of thioether (sulfide) groups is 1. The van der Waals surface area contributed by atoms with Crippen molar-refractivity contribution in [3.05, 3.63) is 30.1 Å². The number of aliphatic hydroxyl groups is 1. The van der Waals surface area contributed by atoms with Crippen molar-refractivity contribution in [2.24, 2.45) is 11.8 Å². The van der Waals surface area contributed by atoms with E-state index in [9.17, 15) is 23.9 Å². The van der Waals surface area contributed by atoms with Gasteiger partial charge in [0.15, 0.2) is 11.9 Å². The number of amides is 1. The van der Waals surface area contributed by atoms with E-state index >= 15 is 0 Å². The van der Waals surface area contributed by atoms with Gasteiger partial charge in [0.25, 0.3) is 0 Å². The molecule has 3 saturated heterocycles. The van der Waals surface area contributed by atoms with Crippen molar-refractivity contribution in [1.29, 1.82) is 0 Å². The van der Waals surface area contributed by atoms with Gasteiger partial charge in [-0.05, 0) is 78.7 Å². The predicted octanol–water partition coefficient (Wildman–Crippen LogP) is 4.13. The highest BCUT2D eigenvalue weighted by atomic mass is 32.2. The second-order valence-corrected chi connectivity index (χ2v) is 15.4. The molecule has 4 N–H and O–H groups in total. The maximum Gasteiger partial charge on any atom is 0.408 e. The van der Waals surface area contributed by atoms with Crippen LogP contribution in [0.25, 0.3) is 0 Å². The topological polar surface area (TPSA) is 157 Å². The van der Waals surface area contributed by atoms with Crippen LogP contribution in [0.3, 0.4) is 0 Å². The number of carbonyl (C=O) groups excluding carboxylic acids is 3. The SMILES string of the molecule is CC[C@H]1OC(=O)SC(=O)[C@H](C)[C@@H](O[C@@H]2OC(CNc3ccccc3F)CC(N(C)C)C2O)[C@](C)(OC)C[C@@H](C)CN[C@H](C)[C@H]2NC(=O)O[C@@]21C. The third kappa shape index (κ3) is 9.09. The van der Waals surface area contributed by atoms with Crippen LogP contribution in [0.1, 0.15) is 60.8 Å². The molecule has 0 saturated carbocycles. The minimum absolute atomic E-state index is 0.0258. The van der Waals surface area contributed by atoms with Crippen LogP contribution in [-0.4, -0.2) is 121 Å². The van der Waals surface area contributed by atoms with Crippen LogP contribution >= 0.6 is 11.8 Å². The summed E-state index contributed by atoms with van der Waals surface area (Å²) < 4.78 is 45.0. The number of benzene rings is 1. The van der Waals surface area contributed by atoms with Crippen LogP contribution < -0.4 is 16.0 Å². The van der Waals surface area contributed by atoms with Crippen molar-refractivity contribution >= 4 is 34.0 Å². The molecule has 50 heavy (non-hydrogen) atoms. The second-order valence-electron chi connectivity index (χ2n) is 14.5.